The van der Waals surface area contributed by atoms with Gasteiger partial charge in [-0.3, -0.25) is 9.59 Å². The fourth-order valence-electron chi connectivity index (χ4n) is 8.65. The smallest absolute Gasteiger partial charge is 0.303 e. The van der Waals surface area contributed by atoms with Gasteiger partial charge in [0.15, 0.2) is 0 Å². The summed E-state index contributed by atoms with van der Waals surface area (Å²) in [6, 6.07) is 0. The first-order valence-corrected chi connectivity index (χ1v) is 14.2. The number of aliphatic hydroxyl groups is 1. The van der Waals surface area contributed by atoms with Crippen LogP contribution in [0.2, 0.25) is 0 Å². The molecule has 5 nitrogen and oxygen atoms in total. The van der Waals surface area contributed by atoms with E-state index >= 15 is 0 Å². The predicted octanol–water partition coefficient (Wildman–Crippen LogP) is 6.54. The second-order valence-corrected chi connectivity index (χ2v) is 13.4. The average Bonchev–Trinajstić information content (AvgIpc) is 3.12. The summed E-state index contributed by atoms with van der Waals surface area (Å²) in [4.78, 5) is 23.1. The lowest BCUT2D eigenvalue weighted by atomic mass is 9.50. The first-order chi connectivity index (χ1) is 16.8. The molecule has 4 aliphatic carbocycles. The summed E-state index contributed by atoms with van der Waals surface area (Å²) in [5.74, 6) is 1.89. The molecule has 0 aliphatic heterocycles. The number of esters is 2. The van der Waals surface area contributed by atoms with E-state index in [0.29, 0.717) is 35.5 Å². The third-order valence-electron chi connectivity index (χ3n) is 10.6. The summed E-state index contributed by atoms with van der Waals surface area (Å²) < 4.78 is 11.1. The van der Waals surface area contributed by atoms with Crippen molar-refractivity contribution in [1.82, 2.24) is 0 Å². The van der Waals surface area contributed by atoms with Gasteiger partial charge in [-0.25, -0.2) is 0 Å². The molecule has 0 saturated heterocycles. The van der Waals surface area contributed by atoms with Crippen LogP contribution in [0, 0.1) is 34.5 Å². The highest BCUT2D eigenvalue weighted by Gasteiger charge is 2.57. The zero-order chi connectivity index (χ0) is 26.5. The van der Waals surface area contributed by atoms with Gasteiger partial charge < -0.3 is 14.6 Å². The van der Waals surface area contributed by atoms with Gasteiger partial charge in [0.25, 0.3) is 0 Å². The molecule has 8 atom stereocenters. The Morgan fingerprint density at radius 3 is 2.39 bits per heavy atom. The molecule has 202 valence electrons. The number of rotatable bonds is 7. The summed E-state index contributed by atoms with van der Waals surface area (Å²) in [6.45, 7) is 13.8. The fraction of sp³-hybridized carbons (Fsp3) is 0.806. The minimum Gasteiger partial charge on any atom is -0.462 e. The van der Waals surface area contributed by atoms with Crippen molar-refractivity contribution in [2.24, 2.45) is 34.5 Å². The van der Waals surface area contributed by atoms with Gasteiger partial charge in [0.2, 0.25) is 0 Å². The van der Waals surface area contributed by atoms with Crippen molar-refractivity contribution in [3.8, 4) is 0 Å². The van der Waals surface area contributed by atoms with Crippen molar-refractivity contribution < 1.29 is 24.2 Å². The Balaban J connectivity index is 1.48. The van der Waals surface area contributed by atoms with Gasteiger partial charge in [-0.05, 0) is 99.7 Å². The van der Waals surface area contributed by atoms with Crippen molar-refractivity contribution in [3.63, 3.8) is 0 Å². The quantitative estimate of drug-likeness (QED) is 0.402. The summed E-state index contributed by atoms with van der Waals surface area (Å²) in [5.41, 5.74) is 2.60. The second-order valence-electron chi connectivity index (χ2n) is 13.4. The maximum absolute atomic E-state index is 11.6. The standard InChI is InChI=1S/C31H48O5/c1-19(8-13-28(29(4,5)34)36-21(3)33)25-11-12-26-24-10-9-22-18-23(35-20(2)32)14-16-30(22,6)27(24)15-17-31(25,26)7/h9-10,19,23,25-28,34H,8,11-18H2,1-7H3/t19-,23+,25-,26+,27+,28-,30+,31-/m1/s1. The first-order valence-electron chi connectivity index (χ1n) is 14.2. The van der Waals surface area contributed by atoms with Crippen LogP contribution in [0.1, 0.15) is 106 Å². The summed E-state index contributed by atoms with van der Waals surface area (Å²) in [6.07, 6.45) is 13.9. The van der Waals surface area contributed by atoms with Crippen LogP contribution in [0.25, 0.3) is 0 Å². The van der Waals surface area contributed by atoms with Crippen LogP contribution in [0.4, 0.5) is 0 Å². The van der Waals surface area contributed by atoms with Crippen molar-refractivity contribution in [2.45, 2.75) is 124 Å². The third kappa shape index (κ3) is 5.06. The molecule has 0 spiro atoms. The van der Waals surface area contributed by atoms with E-state index in [9.17, 15) is 14.7 Å². The van der Waals surface area contributed by atoms with Crippen molar-refractivity contribution in [3.05, 3.63) is 23.3 Å². The average molecular weight is 501 g/mol. The molecule has 0 aromatic carbocycles. The Kier molecular flexibility index (Phi) is 7.56. The predicted molar refractivity (Wildman–Crippen MR) is 141 cm³/mol. The van der Waals surface area contributed by atoms with Crippen LogP contribution >= 0.6 is 0 Å². The fourth-order valence-corrected chi connectivity index (χ4v) is 8.65. The van der Waals surface area contributed by atoms with Crippen LogP contribution in [0.15, 0.2) is 23.3 Å². The van der Waals surface area contributed by atoms with E-state index < -0.39 is 11.7 Å². The Hall–Kier alpha value is -1.62. The van der Waals surface area contributed by atoms with E-state index in [2.05, 4.69) is 32.9 Å². The summed E-state index contributed by atoms with van der Waals surface area (Å²) in [5, 5.41) is 10.5. The molecule has 0 aromatic heterocycles. The van der Waals surface area contributed by atoms with Gasteiger partial charge in [0, 0.05) is 20.3 Å². The van der Waals surface area contributed by atoms with E-state index in [4.69, 9.17) is 9.47 Å². The minimum atomic E-state index is -1.04. The van der Waals surface area contributed by atoms with E-state index in [1.807, 2.05) is 0 Å². The second kappa shape index (κ2) is 9.93. The van der Waals surface area contributed by atoms with Gasteiger partial charge in [0.05, 0.1) is 5.60 Å². The maximum atomic E-state index is 11.6. The van der Waals surface area contributed by atoms with Gasteiger partial charge in [0.1, 0.15) is 12.2 Å². The lowest BCUT2D eigenvalue weighted by Crippen LogP contribution is -2.47. The monoisotopic (exact) mass is 500 g/mol. The highest BCUT2D eigenvalue weighted by molar-refractivity contribution is 5.66. The molecule has 0 radical (unpaired) electrons. The Morgan fingerprint density at radius 2 is 1.75 bits per heavy atom. The first kappa shape index (κ1) is 27.4. The largest absolute Gasteiger partial charge is 0.462 e. The molecule has 3 fully saturated rings. The lowest BCUT2D eigenvalue weighted by molar-refractivity contribution is -0.160. The van der Waals surface area contributed by atoms with Crippen molar-refractivity contribution in [2.75, 3.05) is 0 Å². The van der Waals surface area contributed by atoms with Crippen LogP contribution < -0.4 is 0 Å². The normalized spacial score (nSPS) is 37.4. The Morgan fingerprint density at radius 1 is 1.03 bits per heavy atom. The number of fused-ring (bicyclic) bond motifs is 5. The zero-order valence-electron chi connectivity index (χ0n) is 23.6. The highest BCUT2D eigenvalue weighted by atomic mass is 16.6. The number of allylic oxidation sites excluding steroid dienone is 3. The van der Waals surface area contributed by atoms with E-state index in [1.54, 1.807) is 19.4 Å². The maximum Gasteiger partial charge on any atom is 0.303 e. The molecule has 1 N–H and O–H groups in total. The Bertz CT molecular complexity index is 926. The molecule has 4 rings (SSSR count). The number of carbonyl (C=O) groups is 2. The van der Waals surface area contributed by atoms with Crippen LogP contribution in [0.5, 0.6) is 0 Å². The molecule has 0 bridgehead atoms. The number of ether oxygens (including phenoxy) is 2. The molecule has 0 amide bonds. The SMILES string of the molecule is CC(=O)O[C@H]1CC[C@@]2(C)C(=CC=C3[C@@H]4CC[C@H]([C@H](C)CC[C@@H](OC(C)=O)C(C)(C)O)[C@@]4(C)CC[C@@H]32)C1. The number of carbonyl (C=O) groups excluding carboxylic acids is 2. The van der Waals surface area contributed by atoms with Gasteiger partial charge in [-0.15, -0.1) is 0 Å². The number of hydrogen-bond acceptors (Lipinski definition) is 5. The lowest BCUT2D eigenvalue weighted by Gasteiger charge is -2.55. The summed E-state index contributed by atoms with van der Waals surface area (Å²) >= 11 is 0. The molecule has 0 aromatic rings. The van der Waals surface area contributed by atoms with Crippen LogP contribution in [0.3, 0.4) is 0 Å². The van der Waals surface area contributed by atoms with Gasteiger partial charge in [-0.1, -0.05) is 44.1 Å². The molecule has 36 heavy (non-hydrogen) atoms. The molecule has 4 aliphatic rings. The van der Waals surface area contributed by atoms with E-state index in [-0.39, 0.29) is 23.5 Å². The van der Waals surface area contributed by atoms with E-state index in [0.717, 1.165) is 25.7 Å². The van der Waals surface area contributed by atoms with Crippen LogP contribution in [-0.4, -0.2) is 34.9 Å². The topological polar surface area (TPSA) is 72.8 Å². The van der Waals surface area contributed by atoms with Crippen molar-refractivity contribution >= 4 is 11.9 Å². The molecule has 0 heterocycles. The summed E-state index contributed by atoms with van der Waals surface area (Å²) in [7, 11) is 0. The molecule has 0 unspecified atom stereocenters. The molecule has 5 heteroatoms. The number of hydrogen-bond donors (Lipinski definition) is 1. The van der Waals surface area contributed by atoms with Gasteiger partial charge >= 0.3 is 11.9 Å². The van der Waals surface area contributed by atoms with Gasteiger partial charge in [-0.2, -0.15) is 0 Å². The molecular formula is C31H48O5. The molecular weight excluding hydrogens is 452 g/mol. The third-order valence-corrected chi connectivity index (χ3v) is 10.6. The zero-order valence-corrected chi connectivity index (χ0v) is 23.6. The Labute approximate surface area is 218 Å². The highest BCUT2D eigenvalue weighted by Crippen LogP contribution is 2.66. The minimum absolute atomic E-state index is 0.0297. The molecule has 3 saturated carbocycles. The van der Waals surface area contributed by atoms with Crippen molar-refractivity contribution in [1.29, 1.82) is 0 Å². The van der Waals surface area contributed by atoms with E-state index in [1.165, 1.54) is 45.1 Å². The van der Waals surface area contributed by atoms with Crippen LogP contribution in [-0.2, 0) is 19.1 Å².